The summed E-state index contributed by atoms with van der Waals surface area (Å²) in [7, 11) is 0. The number of hydrogen-bond acceptors (Lipinski definition) is 4. The van der Waals surface area contributed by atoms with Crippen molar-refractivity contribution in [2.45, 2.75) is 6.92 Å². The van der Waals surface area contributed by atoms with Gasteiger partial charge in [-0.3, -0.25) is 9.59 Å². The quantitative estimate of drug-likeness (QED) is 0.364. The topological polar surface area (TPSA) is 68.1 Å². The molecule has 1 aliphatic rings. The van der Waals surface area contributed by atoms with Gasteiger partial charge in [-0.05, 0) is 30.5 Å². The van der Waals surface area contributed by atoms with Gasteiger partial charge in [-0.15, -0.1) is 0 Å². The lowest BCUT2D eigenvalue weighted by Gasteiger charge is -2.16. The van der Waals surface area contributed by atoms with Crippen molar-refractivity contribution < 1.29 is 18.4 Å². The minimum Gasteiger partial charge on any atom is -0.268 e. The Morgan fingerprint density at radius 3 is 2.39 bits per heavy atom. The molecule has 3 aromatic carbocycles. The Bertz CT molecular complexity index is 1630. The van der Waals surface area contributed by atoms with E-state index in [2.05, 4.69) is 10.1 Å². The van der Waals surface area contributed by atoms with Gasteiger partial charge in [0.05, 0.1) is 33.6 Å². The summed E-state index contributed by atoms with van der Waals surface area (Å²) in [6.45, 7) is 1.66. The van der Waals surface area contributed by atoms with E-state index in [1.54, 1.807) is 19.1 Å². The highest BCUT2D eigenvalue weighted by Gasteiger charge is 2.40. The third kappa shape index (κ3) is 2.70. The van der Waals surface area contributed by atoms with Crippen molar-refractivity contribution in [3.8, 4) is 5.69 Å². The molecule has 0 atom stereocenters. The second kappa shape index (κ2) is 6.77. The fraction of sp³-hybridized carbons (Fsp3) is 0.0400. The van der Waals surface area contributed by atoms with Crippen LogP contribution in [0.4, 0.5) is 14.5 Å². The number of halogens is 2. The number of hydrogen-bond donors (Lipinski definition) is 0. The summed E-state index contributed by atoms with van der Waals surface area (Å²) in [6.07, 6.45) is 1.32. The third-order valence-corrected chi connectivity index (χ3v) is 5.82. The maximum absolute atomic E-state index is 13.8. The Morgan fingerprint density at radius 1 is 0.879 bits per heavy atom. The Hall–Kier alpha value is -4.46. The average Bonchev–Trinajstić information content (AvgIpc) is 3.26. The first-order chi connectivity index (χ1) is 15.9. The van der Waals surface area contributed by atoms with Gasteiger partial charge >= 0.3 is 0 Å². The van der Waals surface area contributed by atoms with Crippen LogP contribution >= 0.6 is 0 Å². The molecular formula is C25H14F2N4O2. The van der Waals surface area contributed by atoms with Crippen LogP contribution in [-0.4, -0.2) is 26.6 Å². The summed E-state index contributed by atoms with van der Waals surface area (Å²) in [5, 5.41) is 6.40. The number of imide groups is 1. The molecule has 3 heterocycles. The molecule has 160 valence electrons. The van der Waals surface area contributed by atoms with E-state index in [1.165, 1.54) is 10.9 Å². The van der Waals surface area contributed by atoms with Crippen LogP contribution in [0.5, 0.6) is 0 Å². The molecule has 0 bridgehead atoms. The Labute approximate surface area is 185 Å². The highest BCUT2D eigenvalue weighted by Crippen LogP contribution is 2.37. The summed E-state index contributed by atoms with van der Waals surface area (Å²) >= 11 is 0. The number of fused-ring (bicyclic) bond motifs is 4. The molecule has 2 aromatic heterocycles. The number of aromatic nitrogens is 3. The molecule has 0 saturated heterocycles. The number of rotatable bonds is 2. The molecule has 0 spiro atoms. The zero-order chi connectivity index (χ0) is 22.9. The molecule has 0 radical (unpaired) electrons. The summed E-state index contributed by atoms with van der Waals surface area (Å²) in [5.41, 5.74) is 1.59. The second-order valence-electron chi connectivity index (χ2n) is 7.81. The largest absolute Gasteiger partial charge is 0.268 e. The predicted molar refractivity (Wildman–Crippen MR) is 119 cm³/mol. The summed E-state index contributed by atoms with van der Waals surface area (Å²) < 4.78 is 28.9. The van der Waals surface area contributed by atoms with Gasteiger partial charge in [0.1, 0.15) is 11.6 Å². The Morgan fingerprint density at radius 2 is 1.61 bits per heavy atom. The fourth-order valence-electron chi connectivity index (χ4n) is 4.42. The average molecular weight is 440 g/mol. The van der Waals surface area contributed by atoms with E-state index in [9.17, 15) is 18.4 Å². The molecule has 5 aromatic rings. The molecule has 0 unspecified atom stereocenters. The normalized spacial score (nSPS) is 13.4. The van der Waals surface area contributed by atoms with Crippen molar-refractivity contribution in [1.29, 1.82) is 0 Å². The van der Waals surface area contributed by atoms with Crippen molar-refractivity contribution >= 4 is 39.3 Å². The molecule has 6 rings (SSSR count). The predicted octanol–water partition coefficient (Wildman–Crippen LogP) is 4.96. The van der Waals surface area contributed by atoms with Crippen LogP contribution in [0.25, 0.3) is 27.5 Å². The van der Waals surface area contributed by atoms with Crippen LogP contribution in [0, 0.1) is 18.6 Å². The second-order valence-corrected chi connectivity index (χ2v) is 7.81. The molecule has 0 saturated carbocycles. The minimum absolute atomic E-state index is 0.126. The van der Waals surface area contributed by atoms with E-state index in [0.717, 1.165) is 33.9 Å². The van der Waals surface area contributed by atoms with Gasteiger partial charge in [-0.25, -0.2) is 23.3 Å². The maximum atomic E-state index is 13.8. The number of carbonyl (C=O) groups excluding carboxylic acids is 2. The monoisotopic (exact) mass is 440 g/mol. The molecule has 2 amide bonds. The highest BCUT2D eigenvalue weighted by molar-refractivity contribution is 6.38. The molecule has 8 heteroatoms. The van der Waals surface area contributed by atoms with Gasteiger partial charge < -0.3 is 0 Å². The molecule has 0 N–H and O–H groups in total. The van der Waals surface area contributed by atoms with Crippen molar-refractivity contribution in [3.63, 3.8) is 0 Å². The number of carbonyl (C=O) groups is 2. The van der Waals surface area contributed by atoms with Gasteiger partial charge in [0.15, 0.2) is 5.65 Å². The van der Waals surface area contributed by atoms with Gasteiger partial charge in [0.25, 0.3) is 11.8 Å². The highest BCUT2D eigenvalue weighted by atomic mass is 19.1. The van der Waals surface area contributed by atoms with E-state index in [-0.39, 0.29) is 22.5 Å². The van der Waals surface area contributed by atoms with Crippen LogP contribution in [0.2, 0.25) is 0 Å². The fourth-order valence-corrected chi connectivity index (χ4v) is 4.42. The number of benzene rings is 3. The Kier molecular flexibility index (Phi) is 3.95. The zero-order valence-corrected chi connectivity index (χ0v) is 17.2. The number of aryl methyl sites for hydroxylation is 1. The van der Waals surface area contributed by atoms with E-state index in [1.807, 2.05) is 30.3 Å². The number of amides is 2. The van der Waals surface area contributed by atoms with Crippen molar-refractivity contribution in [2.24, 2.45) is 0 Å². The standard InChI is InChI=1S/C25H14F2N4O2/c1-13-21-22-19(12-28-23(21)31(29-13)17-10-15(26)9-16(27)11-17)24(32)30(25(22)33)20-8-4-6-14-5-2-3-7-18(14)20/h2-12H,1H3. The molecule has 0 fully saturated rings. The first kappa shape index (κ1) is 19.2. The third-order valence-electron chi connectivity index (χ3n) is 5.82. The minimum atomic E-state index is -0.763. The molecule has 6 nitrogen and oxygen atoms in total. The van der Waals surface area contributed by atoms with Crippen molar-refractivity contribution in [1.82, 2.24) is 14.8 Å². The summed E-state index contributed by atoms with van der Waals surface area (Å²) in [6, 6.07) is 15.9. The maximum Gasteiger partial charge on any atom is 0.267 e. The lowest BCUT2D eigenvalue weighted by molar-refractivity contribution is 0.0927. The van der Waals surface area contributed by atoms with Crippen LogP contribution in [0.3, 0.4) is 0 Å². The number of nitrogens with zero attached hydrogens (tertiary/aromatic N) is 4. The smallest absolute Gasteiger partial charge is 0.267 e. The number of pyridine rings is 1. The lowest BCUT2D eigenvalue weighted by atomic mass is 10.1. The lowest BCUT2D eigenvalue weighted by Crippen LogP contribution is -2.29. The molecule has 33 heavy (non-hydrogen) atoms. The summed E-state index contributed by atoms with van der Waals surface area (Å²) in [5.74, 6) is -2.50. The summed E-state index contributed by atoms with van der Waals surface area (Å²) in [4.78, 5) is 32.4. The van der Waals surface area contributed by atoms with E-state index < -0.39 is 23.4 Å². The van der Waals surface area contributed by atoms with Crippen molar-refractivity contribution in [2.75, 3.05) is 4.90 Å². The van der Waals surface area contributed by atoms with Gasteiger partial charge in [-0.1, -0.05) is 36.4 Å². The van der Waals surface area contributed by atoms with E-state index >= 15 is 0 Å². The van der Waals surface area contributed by atoms with E-state index in [4.69, 9.17) is 0 Å². The van der Waals surface area contributed by atoms with Crippen LogP contribution in [-0.2, 0) is 0 Å². The van der Waals surface area contributed by atoms with Crippen LogP contribution < -0.4 is 4.90 Å². The first-order valence-electron chi connectivity index (χ1n) is 10.2. The Balaban J connectivity index is 1.57. The van der Waals surface area contributed by atoms with E-state index in [0.29, 0.717) is 16.8 Å². The first-order valence-corrected chi connectivity index (χ1v) is 10.2. The van der Waals surface area contributed by atoms with Gasteiger partial charge in [-0.2, -0.15) is 5.10 Å². The number of anilines is 1. The van der Waals surface area contributed by atoms with Crippen LogP contribution in [0.15, 0.2) is 66.9 Å². The molecular weight excluding hydrogens is 426 g/mol. The molecule has 0 aliphatic carbocycles. The van der Waals surface area contributed by atoms with Crippen LogP contribution in [0.1, 0.15) is 26.4 Å². The zero-order valence-electron chi connectivity index (χ0n) is 17.2. The van der Waals surface area contributed by atoms with Gasteiger partial charge in [0, 0.05) is 17.6 Å². The van der Waals surface area contributed by atoms with Crippen molar-refractivity contribution in [3.05, 3.63) is 95.3 Å². The SMILES string of the molecule is Cc1nn(-c2cc(F)cc(F)c2)c2ncc3c(c12)C(=O)N(c1cccc2ccccc12)C3=O. The van der Waals surface area contributed by atoms with Gasteiger partial charge in [0.2, 0.25) is 0 Å². The molecule has 1 aliphatic heterocycles.